The van der Waals surface area contributed by atoms with Crippen molar-refractivity contribution < 1.29 is 14.3 Å². The normalized spacial score (nSPS) is 12.2. The number of nitrogens with one attached hydrogen (secondary N) is 1. The third kappa shape index (κ3) is 4.99. The van der Waals surface area contributed by atoms with E-state index >= 15 is 0 Å². The number of benzene rings is 4. The maximum atomic E-state index is 13.9. The molecule has 0 spiro atoms. The van der Waals surface area contributed by atoms with Crippen LogP contribution >= 0.6 is 0 Å². The van der Waals surface area contributed by atoms with Crippen molar-refractivity contribution in [3.63, 3.8) is 0 Å². The number of fused-ring (bicyclic) bond motifs is 2. The fourth-order valence-corrected chi connectivity index (χ4v) is 5.25. The average Bonchev–Trinajstić information content (AvgIpc) is 3.36. The van der Waals surface area contributed by atoms with Crippen LogP contribution in [0.3, 0.4) is 0 Å². The molecule has 0 atom stereocenters. The lowest BCUT2D eigenvalue weighted by molar-refractivity contribution is 0.0983. The van der Waals surface area contributed by atoms with Gasteiger partial charge in [-0.25, -0.2) is 0 Å². The van der Waals surface area contributed by atoms with Gasteiger partial charge in [0.05, 0.1) is 19.3 Å². The molecule has 1 aliphatic heterocycles. The number of hydrogen-bond acceptors (Lipinski definition) is 3. The number of anilines is 2. The number of ether oxygens (including phenoxy) is 1. The minimum atomic E-state index is -0.230. The van der Waals surface area contributed by atoms with E-state index in [-0.39, 0.29) is 11.8 Å². The summed E-state index contributed by atoms with van der Waals surface area (Å²) < 4.78 is 7.80. The first-order valence-corrected chi connectivity index (χ1v) is 13.3. The van der Waals surface area contributed by atoms with Gasteiger partial charge in [-0.2, -0.15) is 0 Å². The van der Waals surface area contributed by atoms with Gasteiger partial charge in [0.15, 0.2) is 0 Å². The topological polar surface area (TPSA) is 63.6 Å². The van der Waals surface area contributed by atoms with E-state index in [9.17, 15) is 9.59 Å². The highest BCUT2D eigenvalue weighted by atomic mass is 16.5. The van der Waals surface area contributed by atoms with Gasteiger partial charge in [-0.05, 0) is 65.6 Å². The Balaban J connectivity index is 1.26. The second kappa shape index (κ2) is 10.9. The average molecular weight is 528 g/mol. The van der Waals surface area contributed by atoms with Gasteiger partial charge in [0.25, 0.3) is 11.8 Å². The zero-order chi connectivity index (χ0) is 27.5. The smallest absolute Gasteiger partial charge is 0.258 e. The van der Waals surface area contributed by atoms with Crippen LogP contribution in [-0.4, -0.2) is 23.5 Å². The van der Waals surface area contributed by atoms with Crippen molar-refractivity contribution in [3.8, 4) is 5.75 Å². The van der Waals surface area contributed by atoms with Crippen LogP contribution in [-0.2, 0) is 19.5 Å². The van der Waals surface area contributed by atoms with Gasteiger partial charge in [-0.1, -0.05) is 66.7 Å². The van der Waals surface area contributed by atoms with E-state index in [0.717, 1.165) is 28.1 Å². The Labute approximate surface area is 233 Å². The maximum Gasteiger partial charge on any atom is 0.258 e. The van der Waals surface area contributed by atoms with Crippen molar-refractivity contribution >= 4 is 23.2 Å². The van der Waals surface area contributed by atoms with Gasteiger partial charge in [0.2, 0.25) is 0 Å². The molecule has 1 N–H and O–H groups in total. The molecular formula is C34H29N3O3. The van der Waals surface area contributed by atoms with Crippen molar-refractivity contribution in [3.05, 3.63) is 149 Å². The van der Waals surface area contributed by atoms with E-state index in [2.05, 4.69) is 16.0 Å². The Morgan fingerprint density at radius 1 is 0.825 bits per heavy atom. The zero-order valence-corrected chi connectivity index (χ0v) is 22.2. The van der Waals surface area contributed by atoms with Crippen LogP contribution in [0.15, 0.2) is 115 Å². The quantitative estimate of drug-likeness (QED) is 0.272. The fraction of sp³-hybridized carbons (Fsp3) is 0.118. The standard InChI is InChI=1S/C34H29N3O3/c1-40-32-21-26(34(39)37-23-28-14-9-19-36(28)22-27-13-6-8-16-31(27)37)17-18-30(32)35-33(38)29-15-7-5-12-25(29)20-24-10-3-2-4-11-24/h2-19,21H,20,22-23H2,1H3,(H,35,38). The van der Waals surface area contributed by atoms with Crippen molar-refractivity contribution in [2.45, 2.75) is 19.5 Å². The summed E-state index contributed by atoms with van der Waals surface area (Å²) in [4.78, 5) is 29.1. The number of carbonyl (C=O) groups excluding carboxylic acids is 2. The third-order valence-corrected chi connectivity index (χ3v) is 7.31. The Kier molecular flexibility index (Phi) is 6.89. The second-order valence-corrected chi connectivity index (χ2v) is 9.84. The second-order valence-electron chi connectivity index (χ2n) is 9.84. The van der Waals surface area contributed by atoms with Gasteiger partial charge in [0.1, 0.15) is 5.75 Å². The summed E-state index contributed by atoms with van der Waals surface area (Å²) in [6, 6.07) is 34.9. The van der Waals surface area contributed by atoms with Crippen LogP contribution < -0.4 is 15.0 Å². The van der Waals surface area contributed by atoms with Gasteiger partial charge in [0, 0.05) is 35.2 Å². The lowest BCUT2D eigenvalue weighted by atomic mass is 9.99. The highest BCUT2D eigenvalue weighted by molar-refractivity contribution is 6.09. The number of para-hydroxylation sites is 1. The highest BCUT2D eigenvalue weighted by Crippen LogP contribution is 2.32. The molecule has 198 valence electrons. The van der Waals surface area contributed by atoms with E-state index in [1.54, 1.807) is 23.1 Å². The predicted octanol–water partition coefficient (Wildman–Crippen LogP) is 6.55. The molecule has 0 aliphatic carbocycles. The van der Waals surface area contributed by atoms with Crippen LogP contribution in [0.2, 0.25) is 0 Å². The molecule has 4 aromatic carbocycles. The van der Waals surface area contributed by atoms with Crippen molar-refractivity contribution in [1.82, 2.24) is 4.57 Å². The van der Waals surface area contributed by atoms with Crippen LogP contribution in [0.5, 0.6) is 5.75 Å². The molecule has 0 bridgehead atoms. The lowest BCUT2D eigenvalue weighted by Gasteiger charge is -2.23. The van der Waals surface area contributed by atoms with Gasteiger partial charge in [-0.15, -0.1) is 0 Å². The van der Waals surface area contributed by atoms with Gasteiger partial charge >= 0.3 is 0 Å². The Morgan fingerprint density at radius 3 is 2.45 bits per heavy atom. The molecule has 6 rings (SSSR count). The van der Waals surface area contributed by atoms with Gasteiger partial charge < -0.3 is 19.5 Å². The van der Waals surface area contributed by atoms with Crippen molar-refractivity contribution in [1.29, 1.82) is 0 Å². The van der Waals surface area contributed by atoms with Crippen LogP contribution in [0.25, 0.3) is 0 Å². The maximum absolute atomic E-state index is 13.9. The summed E-state index contributed by atoms with van der Waals surface area (Å²) in [6.07, 6.45) is 2.69. The highest BCUT2D eigenvalue weighted by Gasteiger charge is 2.25. The summed E-state index contributed by atoms with van der Waals surface area (Å²) in [5.41, 5.74) is 6.68. The molecular weight excluding hydrogens is 498 g/mol. The lowest BCUT2D eigenvalue weighted by Crippen LogP contribution is -2.30. The molecule has 0 radical (unpaired) electrons. The molecule has 2 amide bonds. The number of amides is 2. The number of aromatic nitrogens is 1. The molecule has 1 aromatic heterocycles. The fourth-order valence-electron chi connectivity index (χ4n) is 5.25. The molecule has 5 aromatic rings. The minimum Gasteiger partial charge on any atom is -0.495 e. The summed E-state index contributed by atoms with van der Waals surface area (Å²) in [7, 11) is 1.54. The zero-order valence-electron chi connectivity index (χ0n) is 22.2. The van der Waals surface area contributed by atoms with Gasteiger partial charge in [-0.3, -0.25) is 9.59 Å². The van der Waals surface area contributed by atoms with E-state index in [0.29, 0.717) is 42.1 Å². The SMILES string of the molecule is COc1cc(C(=O)N2Cc3cccn3Cc3ccccc32)ccc1NC(=O)c1ccccc1Cc1ccccc1. The molecule has 0 unspecified atom stereocenters. The third-order valence-electron chi connectivity index (χ3n) is 7.31. The Hall–Kier alpha value is -5.10. The van der Waals surface area contributed by atoms with Crippen LogP contribution in [0, 0.1) is 0 Å². The molecule has 0 saturated carbocycles. The van der Waals surface area contributed by atoms with Crippen LogP contribution in [0.1, 0.15) is 43.1 Å². The number of methoxy groups -OCH3 is 1. The molecule has 6 heteroatoms. The number of rotatable bonds is 6. The molecule has 6 nitrogen and oxygen atoms in total. The Morgan fingerprint density at radius 2 is 1.60 bits per heavy atom. The largest absolute Gasteiger partial charge is 0.495 e. The van der Waals surface area contributed by atoms with Crippen molar-refractivity contribution in [2.24, 2.45) is 0 Å². The first kappa shape index (κ1) is 25.2. The predicted molar refractivity (Wildman–Crippen MR) is 157 cm³/mol. The molecule has 1 aliphatic rings. The first-order chi connectivity index (χ1) is 19.6. The van der Waals surface area contributed by atoms with E-state index in [1.165, 1.54) is 7.11 Å². The molecule has 2 heterocycles. The summed E-state index contributed by atoms with van der Waals surface area (Å²) in [5.74, 6) is 0.0591. The number of nitrogens with zero attached hydrogens (tertiary/aromatic N) is 2. The van der Waals surface area contributed by atoms with Crippen LogP contribution in [0.4, 0.5) is 11.4 Å². The van der Waals surface area contributed by atoms with E-state index in [4.69, 9.17) is 4.74 Å². The summed E-state index contributed by atoms with van der Waals surface area (Å²) in [5, 5.41) is 2.99. The Bertz CT molecular complexity index is 1690. The molecule has 0 fully saturated rings. The number of hydrogen-bond donors (Lipinski definition) is 1. The molecule has 40 heavy (non-hydrogen) atoms. The first-order valence-electron chi connectivity index (χ1n) is 13.3. The molecule has 0 saturated heterocycles. The summed E-state index contributed by atoms with van der Waals surface area (Å²) in [6.45, 7) is 1.17. The summed E-state index contributed by atoms with van der Waals surface area (Å²) >= 11 is 0. The minimum absolute atomic E-state index is 0.133. The van der Waals surface area contributed by atoms with Crippen molar-refractivity contribution in [2.75, 3.05) is 17.3 Å². The number of carbonyl (C=O) groups is 2. The van der Waals surface area contributed by atoms with E-state index < -0.39 is 0 Å². The monoisotopic (exact) mass is 527 g/mol. The van der Waals surface area contributed by atoms with E-state index in [1.807, 2.05) is 91.1 Å².